The number of aliphatic carboxylic acids is 1. The highest BCUT2D eigenvalue weighted by Gasteiger charge is 2.29. The maximum atomic E-state index is 12.3. The van der Waals surface area contributed by atoms with E-state index < -0.39 is 5.97 Å². The zero-order valence-electron chi connectivity index (χ0n) is 17.4. The van der Waals surface area contributed by atoms with E-state index in [-0.39, 0.29) is 12.5 Å². The fourth-order valence-corrected chi connectivity index (χ4v) is 4.96. The summed E-state index contributed by atoms with van der Waals surface area (Å²) in [5.41, 5.74) is 6.11. The number of nitrogens with zero attached hydrogens (tertiary/aromatic N) is 1. The molecule has 0 saturated heterocycles. The number of carboxylic acid groups (broad SMARTS) is 1. The first-order valence-corrected chi connectivity index (χ1v) is 10.6. The Balaban J connectivity index is 1.87. The molecule has 1 amide bonds. The van der Waals surface area contributed by atoms with Crippen molar-refractivity contribution < 1.29 is 14.7 Å². The summed E-state index contributed by atoms with van der Waals surface area (Å²) < 4.78 is 2.10. The van der Waals surface area contributed by atoms with Gasteiger partial charge < -0.3 is 15.0 Å². The number of fused-ring (bicyclic) bond motifs is 5. The summed E-state index contributed by atoms with van der Waals surface area (Å²) in [6, 6.07) is 13.8. The normalized spacial score (nSPS) is 17.5. The van der Waals surface area contributed by atoms with Gasteiger partial charge in [-0.05, 0) is 54.5 Å². The number of amides is 1. The molecule has 0 saturated carbocycles. The average molecular weight is 412 g/mol. The van der Waals surface area contributed by atoms with Crippen molar-refractivity contribution in [2.24, 2.45) is 0 Å². The molecule has 3 aromatic rings. The number of benzene rings is 2. The van der Waals surface area contributed by atoms with Crippen LogP contribution in [-0.2, 0) is 11.3 Å². The Morgan fingerprint density at radius 2 is 1.97 bits per heavy atom. The highest BCUT2D eigenvalue weighted by molar-refractivity contribution is 6.03. The lowest BCUT2D eigenvalue weighted by Crippen LogP contribution is -2.17. The van der Waals surface area contributed by atoms with E-state index in [2.05, 4.69) is 28.1 Å². The van der Waals surface area contributed by atoms with Crippen LogP contribution >= 0.6 is 0 Å². The first kappa shape index (κ1) is 19.4. The van der Waals surface area contributed by atoms with E-state index in [0.29, 0.717) is 17.1 Å². The third-order valence-corrected chi connectivity index (χ3v) is 6.42. The van der Waals surface area contributed by atoms with Crippen LogP contribution in [0.15, 0.2) is 60.2 Å². The molecule has 2 N–H and O–H groups in total. The summed E-state index contributed by atoms with van der Waals surface area (Å²) in [7, 11) is 1.62. The molecule has 2 aromatic carbocycles. The molecule has 0 spiro atoms. The van der Waals surface area contributed by atoms with Crippen molar-refractivity contribution in [3.05, 3.63) is 76.9 Å². The fraction of sp³-hybridized carbons (Fsp3) is 0.231. The van der Waals surface area contributed by atoms with E-state index in [4.69, 9.17) is 0 Å². The standard InChI is InChI=1S/C26H24N2O3/c1-27-25(29)18-11-12-21-22(14-18)28-15-19(26(30)31)13-17-9-5-6-10-20(17)24(28)23(21)16-7-3-2-4-8-16/h2-3,5-6,9-14,16H,4,7-8,15H2,1H3,(H,27,29)(H,30,31). The Morgan fingerprint density at radius 1 is 1.13 bits per heavy atom. The number of rotatable bonds is 3. The molecule has 1 aliphatic heterocycles. The fourth-order valence-electron chi connectivity index (χ4n) is 4.96. The van der Waals surface area contributed by atoms with E-state index >= 15 is 0 Å². The van der Waals surface area contributed by atoms with Crippen LogP contribution in [0.2, 0.25) is 0 Å². The number of allylic oxidation sites excluding steroid dienone is 2. The minimum atomic E-state index is -0.922. The molecule has 5 nitrogen and oxygen atoms in total. The van der Waals surface area contributed by atoms with Gasteiger partial charge in [0.25, 0.3) is 5.91 Å². The predicted molar refractivity (Wildman–Crippen MR) is 122 cm³/mol. The first-order chi connectivity index (χ1) is 15.1. The number of aromatic nitrogens is 1. The van der Waals surface area contributed by atoms with Crippen LogP contribution in [0, 0.1) is 0 Å². The Labute approximate surface area is 180 Å². The van der Waals surface area contributed by atoms with Crippen molar-refractivity contribution in [3.63, 3.8) is 0 Å². The highest BCUT2D eigenvalue weighted by atomic mass is 16.4. The maximum absolute atomic E-state index is 12.3. The van der Waals surface area contributed by atoms with Crippen molar-refractivity contribution in [3.8, 4) is 11.3 Å². The molecule has 2 aliphatic rings. The minimum Gasteiger partial charge on any atom is -0.478 e. The number of carboxylic acids is 1. The summed E-state index contributed by atoms with van der Waals surface area (Å²) in [5.74, 6) is -0.717. The number of hydrogen-bond acceptors (Lipinski definition) is 2. The lowest BCUT2D eigenvalue weighted by molar-refractivity contribution is -0.132. The van der Waals surface area contributed by atoms with E-state index in [9.17, 15) is 14.7 Å². The van der Waals surface area contributed by atoms with Gasteiger partial charge in [-0.15, -0.1) is 0 Å². The van der Waals surface area contributed by atoms with Crippen LogP contribution in [0.5, 0.6) is 0 Å². The zero-order chi connectivity index (χ0) is 21.5. The number of nitrogens with one attached hydrogen (secondary N) is 1. The van der Waals surface area contributed by atoms with Gasteiger partial charge in [0.05, 0.1) is 17.8 Å². The number of carbonyl (C=O) groups is 2. The third kappa shape index (κ3) is 3.17. The summed E-state index contributed by atoms with van der Waals surface area (Å²) >= 11 is 0. The van der Waals surface area contributed by atoms with Crippen molar-refractivity contribution in [2.45, 2.75) is 31.7 Å². The second-order valence-corrected chi connectivity index (χ2v) is 8.20. The smallest absolute Gasteiger partial charge is 0.333 e. The molecule has 1 unspecified atom stereocenters. The second kappa shape index (κ2) is 7.58. The summed E-state index contributed by atoms with van der Waals surface area (Å²) in [6.45, 7) is 0.260. The van der Waals surface area contributed by atoms with Crippen LogP contribution in [-0.4, -0.2) is 28.6 Å². The minimum absolute atomic E-state index is 0.150. The van der Waals surface area contributed by atoms with Gasteiger partial charge in [0.1, 0.15) is 0 Å². The van der Waals surface area contributed by atoms with E-state index in [1.807, 2.05) is 36.4 Å². The second-order valence-electron chi connectivity index (χ2n) is 8.20. The quantitative estimate of drug-likeness (QED) is 0.597. The molecular formula is C26H24N2O3. The Bertz CT molecular complexity index is 1280. The lowest BCUT2D eigenvalue weighted by atomic mass is 9.84. The van der Waals surface area contributed by atoms with Gasteiger partial charge in [-0.3, -0.25) is 4.79 Å². The van der Waals surface area contributed by atoms with Crippen LogP contribution in [0.1, 0.15) is 46.7 Å². The predicted octanol–water partition coefficient (Wildman–Crippen LogP) is 4.97. The molecule has 0 bridgehead atoms. The third-order valence-electron chi connectivity index (χ3n) is 6.42. The molecule has 2 heterocycles. The molecule has 1 aliphatic carbocycles. The molecule has 156 valence electrons. The largest absolute Gasteiger partial charge is 0.478 e. The lowest BCUT2D eigenvalue weighted by Gasteiger charge is -2.21. The van der Waals surface area contributed by atoms with Crippen molar-refractivity contribution in [2.75, 3.05) is 7.05 Å². The monoisotopic (exact) mass is 412 g/mol. The van der Waals surface area contributed by atoms with Crippen molar-refractivity contribution in [1.29, 1.82) is 0 Å². The van der Waals surface area contributed by atoms with Crippen LogP contribution in [0.4, 0.5) is 0 Å². The van der Waals surface area contributed by atoms with Gasteiger partial charge in [0.2, 0.25) is 0 Å². The highest BCUT2D eigenvalue weighted by Crippen LogP contribution is 2.45. The Kier molecular flexibility index (Phi) is 4.74. The molecular weight excluding hydrogens is 388 g/mol. The van der Waals surface area contributed by atoms with Gasteiger partial charge in [0, 0.05) is 29.1 Å². The van der Waals surface area contributed by atoms with Gasteiger partial charge in [-0.1, -0.05) is 42.5 Å². The molecule has 1 aromatic heterocycles. The van der Waals surface area contributed by atoms with Crippen LogP contribution in [0.3, 0.4) is 0 Å². The van der Waals surface area contributed by atoms with Crippen LogP contribution < -0.4 is 5.32 Å². The molecule has 5 rings (SSSR count). The maximum Gasteiger partial charge on any atom is 0.333 e. The van der Waals surface area contributed by atoms with Gasteiger partial charge in [-0.25, -0.2) is 4.79 Å². The SMILES string of the molecule is CNC(=O)c1ccc2c(C3CC=CCC3)c3n(c2c1)CC(C(=O)O)=Cc1ccccc1-3. The average Bonchev–Trinajstić information content (AvgIpc) is 3.01. The molecule has 5 heteroatoms. The number of carbonyl (C=O) groups excluding carboxylic acids is 1. The summed E-state index contributed by atoms with van der Waals surface area (Å²) in [6.07, 6.45) is 9.31. The van der Waals surface area contributed by atoms with Gasteiger partial charge >= 0.3 is 5.97 Å². The van der Waals surface area contributed by atoms with E-state index in [1.54, 1.807) is 13.1 Å². The van der Waals surface area contributed by atoms with E-state index in [0.717, 1.165) is 47.0 Å². The first-order valence-electron chi connectivity index (χ1n) is 10.6. The summed E-state index contributed by atoms with van der Waals surface area (Å²) in [4.78, 5) is 24.4. The molecule has 0 fully saturated rings. The van der Waals surface area contributed by atoms with Crippen LogP contribution in [0.25, 0.3) is 28.2 Å². The van der Waals surface area contributed by atoms with Crippen molar-refractivity contribution >= 4 is 28.9 Å². The van der Waals surface area contributed by atoms with Gasteiger partial charge in [-0.2, -0.15) is 0 Å². The Morgan fingerprint density at radius 3 is 2.71 bits per heavy atom. The molecule has 0 radical (unpaired) electrons. The molecule has 1 atom stereocenters. The van der Waals surface area contributed by atoms with E-state index in [1.165, 1.54) is 5.56 Å². The zero-order valence-corrected chi connectivity index (χ0v) is 17.4. The van der Waals surface area contributed by atoms with Crippen molar-refractivity contribution in [1.82, 2.24) is 9.88 Å². The molecule has 31 heavy (non-hydrogen) atoms. The topological polar surface area (TPSA) is 71.3 Å². The van der Waals surface area contributed by atoms with Gasteiger partial charge in [0.15, 0.2) is 0 Å². The Hall–Kier alpha value is -3.60. The summed E-state index contributed by atoms with van der Waals surface area (Å²) in [5, 5.41) is 13.7. The number of hydrogen-bond donors (Lipinski definition) is 2.